The zero-order valence-corrected chi connectivity index (χ0v) is 10.9. The van der Waals surface area contributed by atoms with Gasteiger partial charge in [-0.05, 0) is 50.1 Å². The third kappa shape index (κ3) is 1.55. The lowest BCUT2D eigenvalue weighted by atomic mass is 10.0. The number of para-hydroxylation sites is 1. The standard InChI is InChI=1S/C15H17N3/c1-10-11(2)16-17-15-9-8-13-6-4-5-7-14(13)18(15)12(10)3/h4-9,11,16H,1-3H3/t11-/m0/s1. The van der Waals surface area contributed by atoms with Crippen LogP contribution in [0.1, 0.15) is 26.3 Å². The lowest BCUT2D eigenvalue weighted by Crippen LogP contribution is -2.30. The van der Waals surface area contributed by atoms with Gasteiger partial charge < -0.3 is 5.43 Å². The molecule has 18 heavy (non-hydrogen) atoms. The molecule has 0 amide bonds. The zero-order chi connectivity index (χ0) is 12.7. The molecule has 0 unspecified atom stereocenters. The Balaban J connectivity index is 2.22. The fourth-order valence-electron chi connectivity index (χ4n) is 2.38. The molecule has 0 aromatic heterocycles. The summed E-state index contributed by atoms with van der Waals surface area (Å²) in [6.07, 6.45) is 4.18. The Morgan fingerprint density at radius 2 is 1.94 bits per heavy atom. The van der Waals surface area contributed by atoms with Crippen LogP contribution in [0.25, 0.3) is 6.08 Å². The minimum atomic E-state index is 0.267. The predicted octanol–water partition coefficient (Wildman–Crippen LogP) is 3.12. The normalized spacial score (nSPS) is 21.8. The topological polar surface area (TPSA) is 27.6 Å². The van der Waals surface area contributed by atoms with Gasteiger partial charge in [0.25, 0.3) is 0 Å². The number of hydrogen-bond acceptors (Lipinski definition) is 3. The Labute approximate surface area is 108 Å². The molecule has 0 bridgehead atoms. The lowest BCUT2D eigenvalue weighted by molar-refractivity contribution is 0.644. The van der Waals surface area contributed by atoms with Gasteiger partial charge in [-0.1, -0.05) is 18.2 Å². The summed E-state index contributed by atoms with van der Waals surface area (Å²) in [5.41, 5.74) is 8.20. The van der Waals surface area contributed by atoms with Crippen LogP contribution in [0.5, 0.6) is 0 Å². The molecule has 1 atom stereocenters. The van der Waals surface area contributed by atoms with Crippen molar-refractivity contribution >= 4 is 17.6 Å². The second-order valence-electron chi connectivity index (χ2n) is 4.82. The van der Waals surface area contributed by atoms with E-state index in [9.17, 15) is 0 Å². The van der Waals surface area contributed by atoms with Crippen LogP contribution >= 0.6 is 0 Å². The van der Waals surface area contributed by atoms with E-state index in [1.165, 1.54) is 22.5 Å². The number of amidine groups is 1. The minimum Gasteiger partial charge on any atom is -0.301 e. The number of fused-ring (bicyclic) bond motifs is 3. The highest BCUT2D eigenvalue weighted by atomic mass is 15.4. The van der Waals surface area contributed by atoms with E-state index in [0.717, 1.165) is 5.84 Å². The number of rotatable bonds is 0. The highest BCUT2D eigenvalue weighted by Crippen LogP contribution is 2.32. The van der Waals surface area contributed by atoms with Crippen LogP contribution in [0.2, 0.25) is 0 Å². The number of hydrazone groups is 1. The molecule has 2 heterocycles. The quantitative estimate of drug-likeness (QED) is 0.753. The summed E-state index contributed by atoms with van der Waals surface area (Å²) < 4.78 is 0. The first-order chi connectivity index (χ1) is 8.68. The average molecular weight is 239 g/mol. The smallest absolute Gasteiger partial charge is 0.157 e. The van der Waals surface area contributed by atoms with E-state index in [1.54, 1.807) is 0 Å². The number of nitrogens with zero attached hydrogens (tertiary/aromatic N) is 2. The van der Waals surface area contributed by atoms with E-state index in [-0.39, 0.29) is 6.04 Å². The van der Waals surface area contributed by atoms with E-state index in [4.69, 9.17) is 0 Å². The molecule has 3 nitrogen and oxygen atoms in total. The summed E-state index contributed by atoms with van der Waals surface area (Å²) in [5, 5.41) is 4.49. The van der Waals surface area contributed by atoms with Crippen molar-refractivity contribution in [3.8, 4) is 0 Å². The van der Waals surface area contributed by atoms with E-state index in [1.807, 2.05) is 0 Å². The highest BCUT2D eigenvalue weighted by molar-refractivity contribution is 6.13. The maximum atomic E-state index is 4.49. The van der Waals surface area contributed by atoms with Crippen molar-refractivity contribution in [2.24, 2.45) is 5.10 Å². The zero-order valence-electron chi connectivity index (χ0n) is 10.9. The molecule has 3 heteroatoms. The van der Waals surface area contributed by atoms with E-state index in [2.05, 4.69) is 72.6 Å². The Morgan fingerprint density at radius 3 is 2.78 bits per heavy atom. The SMILES string of the molecule is CC1=C(C)N2C(=NN[C@H]1C)C=Cc1ccccc12. The van der Waals surface area contributed by atoms with Gasteiger partial charge in [-0.3, -0.25) is 4.90 Å². The van der Waals surface area contributed by atoms with Gasteiger partial charge in [0, 0.05) is 5.70 Å². The first-order valence-corrected chi connectivity index (χ1v) is 6.26. The van der Waals surface area contributed by atoms with Crippen LogP contribution in [-0.2, 0) is 0 Å². The number of hydrogen-bond donors (Lipinski definition) is 1. The summed E-state index contributed by atoms with van der Waals surface area (Å²) >= 11 is 0. The number of nitrogens with one attached hydrogen (secondary N) is 1. The molecule has 0 aliphatic carbocycles. The van der Waals surface area contributed by atoms with Gasteiger partial charge in [-0.15, -0.1) is 0 Å². The fourth-order valence-corrected chi connectivity index (χ4v) is 2.38. The van der Waals surface area contributed by atoms with Crippen molar-refractivity contribution in [1.82, 2.24) is 5.43 Å². The van der Waals surface area contributed by atoms with Gasteiger partial charge in [0.05, 0.1) is 11.7 Å². The molecular formula is C15H17N3. The molecule has 2 aliphatic heterocycles. The minimum absolute atomic E-state index is 0.267. The molecule has 92 valence electrons. The Hall–Kier alpha value is -2.03. The summed E-state index contributed by atoms with van der Waals surface area (Å²) in [4.78, 5) is 2.22. The molecule has 1 aromatic rings. The molecule has 0 saturated carbocycles. The average Bonchev–Trinajstić information content (AvgIpc) is 2.51. The Morgan fingerprint density at radius 1 is 1.17 bits per heavy atom. The van der Waals surface area contributed by atoms with Crippen LogP contribution in [0, 0.1) is 0 Å². The Kier molecular flexibility index (Phi) is 2.47. The maximum Gasteiger partial charge on any atom is 0.157 e. The first-order valence-electron chi connectivity index (χ1n) is 6.26. The predicted molar refractivity (Wildman–Crippen MR) is 76.4 cm³/mol. The second kappa shape index (κ2) is 4.02. The fraction of sp³-hybridized carbons (Fsp3) is 0.267. The second-order valence-corrected chi connectivity index (χ2v) is 4.82. The summed E-state index contributed by atoms with van der Waals surface area (Å²) in [7, 11) is 0. The maximum absolute atomic E-state index is 4.49. The van der Waals surface area contributed by atoms with Gasteiger partial charge in [-0.25, -0.2) is 0 Å². The molecule has 0 radical (unpaired) electrons. The van der Waals surface area contributed by atoms with Gasteiger partial charge in [0.1, 0.15) is 0 Å². The molecule has 1 aromatic carbocycles. The molecule has 3 rings (SSSR count). The van der Waals surface area contributed by atoms with Crippen molar-refractivity contribution in [2.45, 2.75) is 26.8 Å². The molecular weight excluding hydrogens is 222 g/mol. The van der Waals surface area contributed by atoms with Crippen LogP contribution in [0.4, 0.5) is 5.69 Å². The third-order valence-corrected chi connectivity index (χ3v) is 3.75. The third-order valence-electron chi connectivity index (χ3n) is 3.75. The molecule has 0 spiro atoms. The van der Waals surface area contributed by atoms with Crippen LogP contribution < -0.4 is 10.3 Å². The molecule has 0 fully saturated rings. The highest BCUT2D eigenvalue weighted by Gasteiger charge is 2.24. The van der Waals surface area contributed by atoms with Crippen molar-refractivity contribution in [3.63, 3.8) is 0 Å². The monoisotopic (exact) mass is 239 g/mol. The van der Waals surface area contributed by atoms with E-state index < -0.39 is 0 Å². The summed E-state index contributed by atoms with van der Waals surface area (Å²) in [6, 6.07) is 8.67. The van der Waals surface area contributed by atoms with Crippen LogP contribution in [-0.4, -0.2) is 11.9 Å². The van der Waals surface area contributed by atoms with Crippen LogP contribution in [0.15, 0.2) is 46.7 Å². The first kappa shape index (κ1) is 11.1. The van der Waals surface area contributed by atoms with E-state index >= 15 is 0 Å². The van der Waals surface area contributed by atoms with Crippen molar-refractivity contribution in [2.75, 3.05) is 4.90 Å². The van der Waals surface area contributed by atoms with Gasteiger partial charge in [0.2, 0.25) is 0 Å². The largest absolute Gasteiger partial charge is 0.301 e. The van der Waals surface area contributed by atoms with E-state index in [0.29, 0.717) is 0 Å². The van der Waals surface area contributed by atoms with Gasteiger partial charge in [-0.2, -0.15) is 5.10 Å². The summed E-state index contributed by atoms with van der Waals surface area (Å²) in [5.74, 6) is 0.954. The van der Waals surface area contributed by atoms with Crippen LogP contribution in [0.3, 0.4) is 0 Å². The van der Waals surface area contributed by atoms with Gasteiger partial charge in [0.15, 0.2) is 5.84 Å². The lowest BCUT2D eigenvalue weighted by Gasteiger charge is -2.29. The van der Waals surface area contributed by atoms with Gasteiger partial charge >= 0.3 is 0 Å². The summed E-state index contributed by atoms with van der Waals surface area (Å²) in [6.45, 7) is 6.45. The molecule has 0 saturated heterocycles. The van der Waals surface area contributed by atoms with Crippen molar-refractivity contribution in [1.29, 1.82) is 0 Å². The van der Waals surface area contributed by atoms with Crippen molar-refractivity contribution in [3.05, 3.63) is 47.2 Å². The number of anilines is 1. The number of benzene rings is 1. The van der Waals surface area contributed by atoms with Crippen molar-refractivity contribution < 1.29 is 0 Å². The number of allylic oxidation sites excluding steroid dienone is 1. The molecule has 2 aliphatic rings. The Bertz CT molecular complexity index is 581. The molecule has 1 N–H and O–H groups in total.